The molecule has 0 spiro atoms. The zero-order valence-electron chi connectivity index (χ0n) is 15.6. The van der Waals surface area contributed by atoms with Gasteiger partial charge in [0.15, 0.2) is 0 Å². The van der Waals surface area contributed by atoms with E-state index in [1.807, 2.05) is 30.3 Å². The van der Waals surface area contributed by atoms with Gasteiger partial charge >= 0.3 is 6.36 Å². The van der Waals surface area contributed by atoms with Crippen LogP contribution < -0.4 is 15.0 Å². The Balaban J connectivity index is 1.50. The normalized spacial score (nSPS) is 16.7. The average Bonchev–Trinajstić information content (AvgIpc) is 3.06. The molecule has 4 rings (SSSR count). The van der Waals surface area contributed by atoms with Gasteiger partial charge in [-0.25, -0.2) is 0 Å². The minimum atomic E-state index is -4.82. The van der Waals surface area contributed by atoms with Crippen LogP contribution in [0.2, 0.25) is 0 Å². The Kier molecular flexibility index (Phi) is 5.07. The van der Waals surface area contributed by atoms with Crippen LogP contribution >= 0.6 is 0 Å². The first-order valence-electron chi connectivity index (χ1n) is 9.28. The van der Waals surface area contributed by atoms with Crippen LogP contribution in [0, 0.1) is 0 Å². The summed E-state index contributed by atoms with van der Waals surface area (Å²) in [6.07, 6.45) is -4.47. The summed E-state index contributed by atoms with van der Waals surface area (Å²) in [7, 11) is 0. The lowest BCUT2D eigenvalue weighted by Gasteiger charge is -2.19. The number of fused-ring (bicyclic) bond motifs is 1. The molecular formula is C22H17F3N2O3. The molecule has 0 saturated carbocycles. The third-order valence-corrected chi connectivity index (χ3v) is 4.91. The average molecular weight is 414 g/mol. The maximum absolute atomic E-state index is 12.8. The first-order chi connectivity index (χ1) is 14.3. The number of alkyl halides is 3. The number of amides is 2. The Morgan fingerprint density at radius 3 is 2.57 bits per heavy atom. The smallest absolute Gasteiger partial charge is 0.406 e. The Hall–Kier alpha value is -3.55. The summed E-state index contributed by atoms with van der Waals surface area (Å²) in [6, 6.07) is 17.2. The highest BCUT2D eigenvalue weighted by atomic mass is 19.4. The standard InChI is InChI=1S/C22H17F3N2O3/c23-22(24,25)30-16-8-4-7-15(13-16)27-12-11-19(21(27)29)26-20(28)18-10-3-6-14-5-1-2-9-17(14)18/h1-10,13,19H,11-12H2,(H,26,28). The van der Waals surface area contributed by atoms with E-state index in [1.165, 1.54) is 17.0 Å². The largest absolute Gasteiger partial charge is 0.573 e. The Labute approximate surface area is 170 Å². The van der Waals surface area contributed by atoms with Crippen molar-refractivity contribution in [1.29, 1.82) is 0 Å². The molecule has 1 aliphatic heterocycles. The lowest BCUT2D eigenvalue weighted by atomic mass is 10.0. The van der Waals surface area contributed by atoms with Crippen molar-refractivity contribution in [3.63, 3.8) is 0 Å². The number of rotatable bonds is 4. The predicted octanol–water partition coefficient (Wildman–Crippen LogP) is 4.27. The van der Waals surface area contributed by atoms with E-state index in [1.54, 1.807) is 12.1 Å². The fourth-order valence-corrected chi connectivity index (χ4v) is 3.58. The van der Waals surface area contributed by atoms with Crippen LogP contribution in [-0.2, 0) is 4.79 Å². The third kappa shape index (κ3) is 4.07. The van der Waals surface area contributed by atoms with E-state index >= 15 is 0 Å². The van der Waals surface area contributed by atoms with Crippen LogP contribution in [0.1, 0.15) is 16.8 Å². The summed E-state index contributed by atoms with van der Waals surface area (Å²) in [4.78, 5) is 26.9. The van der Waals surface area contributed by atoms with Gasteiger partial charge in [0.05, 0.1) is 0 Å². The molecule has 1 fully saturated rings. The van der Waals surface area contributed by atoms with E-state index in [4.69, 9.17) is 0 Å². The first kappa shape index (κ1) is 19.8. The maximum atomic E-state index is 12.8. The third-order valence-electron chi connectivity index (χ3n) is 4.91. The number of benzene rings is 3. The molecule has 2 amide bonds. The van der Waals surface area contributed by atoms with Crippen molar-refractivity contribution in [2.75, 3.05) is 11.4 Å². The van der Waals surface area contributed by atoms with Gasteiger partial charge in [-0.05, 0) is 35.4 Å². The first-order valence-corrected chi connectivity index (χ1v) is 9.28. The van der Waals surface area contributed by atoms with Gasteiger partial charge in [-0.1, -0.05) is 42.5 Å². The molecule has 1 atom stereocenters. The molecule has 8 heteroatoms. The minimum absolute atomic E-state index is 0.273. The highest BCUT2D eigenvalue weighted by Gasteiger charge is 2.35. The molecule has 3 aromatic rings. The summed E-state index contributed by atoms with van der Waals surface area (Å²) in [5, 5.41) is 4.43. The lowest BCUT2D eigenvalue weighted by Crippen LogP contribution is -2.41. The maximum Gasteiger partial charge on any atom is 0.573 e. The van der Waals surface area contributed by atoms with E-state index in [0.29, 0.717) is 12.0 Å². The van der Waals surface area contributed by atoms with Gasteiger partial charge < -0.3 is 15.0 Å². The summed E-state index contributed by atoms with van der Waals surface area (Å²) < 4.78 is 41.3. The number of carbonyl (C=O) groups is 2. The van der Waals surface area contributed by atoms with Gasteiger partial charge in [-0.15, -0.1) is 13.2 Å². The quantitative estimate of drug-likeness (QED) is 0.694. The predicted molar refractivity (Wildman–Crippen MR) is 105 cm³/mol. The van der Waals surface area contributed by atoms with E-state index in [-0.39, 0.29) is 24.0 Å². The van der Waals surface area contributed by atoms with Crippen LogP contribution in [0.3, 0.4) is 0 Å². The minimum Gasteiger partial charge on any atom is -0.406 e. The monoisotopic (exact) mass is 414 g/mol. The summed E-state index contributed by atoms with van der Waals surface area (Å²) in [5.41, 5.74) is 0.739. The zero-order chi connectivity index (χ0) is 21.3. The van der Waals surface area contributed by atoms with E-state index in [2.05, 4.69) is 10.1 Å². The van der Waals surface area contributed by atoms with Crippen LogP contribution in [0.15, 0.2) is 66.7 Å². The highest BCUT2D eigenvalue weighted by Crippen LogP contribution is 2.29. The number of nitrogens with zero attached hydrogens (tertiary/aromatic N) is 1. The van der Waals surface area contributed by atoms with Crippen molar-refractivity contribution in [1.82, 2.24) is 5.32 Å². The molecule has 0 aliphatic carbocycles. The Morgan fingerprint density at radius 1 is 1.03 bits per heavy atom. The molecular weight excluding hydrogens is 397 g/mol. The second kappa shape index (κ2) is 7.70. The molecule has 3 aromatic carbocycles. The molecule has 1 unspecified atom stereocenters. The second-order valence-electron chi connectivity index (χ2n) is 6.88. The number of hydrogen-bond acceptors (Lipinski definition) is 3. The highest BCUT2D eigenvalue weighted by molar-refractivity contribution is 6.09. The lowest BCUT2D eigenvalue weighted by molar-refractivity contribution is -0.274. The number of anilines is 1. The fourth-order valence-electron chi connectivity index (χ4n) is 3.58. The summed E-state index contributed by atoms with van der Waals surface area (Å²) >= 11 is 0. The second-order valence-corrected chi connectivity index (χ2v) is 6.88. The van der Waals surface area contributed by atoms with E-state index in [0.717, 1.165) is 22.9 Å². The molecule has 1 N–H and O–H groups in total. The molecule has 1 saturated heterocycles. The number of nitrogens with one attached hydrogen (secondary N) is 1. The van der Waals surface area contributed by atoms with Crippen molar-refractivity contribution in [2.24, 2.45) is 0 Å². The van der Waals surface area contributed by atoms with Gasteiger partial charge in [0.25, 0.3) is 5.91 Å². The Bertz CT molecular complexity index is 1110. The van der Waals surface area contributed by atoms with Gasteiger partial charge in [0, 0.05) is 23.9 Å². The SMILES string of the molecule is O=C(NC1CCN(c2cccc(OC(F)(F)F)c2)C1=O)c1cccc2ccccc12. The number of carbonyl (C=O) groups excluding carboxylic acids is 2. The number of ether oxygens (including phenoxy) is 1. The molecule has 0 aromatic heterocycles. The topological polar surface area (TPSA) is 58.6 Å². The number of hydrogen-bond donors (Lipinski definition) is 1. The molecule has 30 heavy (non-hydrogen) atoms. The van der Waals surface area contributed by atoms with Gasteiger partial charge in [0.2, 0.25) is 5.91 Å². The molecule has 154 valence electrons. The molecule has 5 nitrogen and oxygen atoms in total. The van der Waals surface area contributed by atoms with Crippen LogP contribution in [-0.4, -0.2) is 30.8 Å². The van der Waals surface area contributed by atoms with Gasteiger partial charge in [-0.2, -0.15) is 0 Å². The fraction of sp³-hybridized carbons (Fsp3) is 0.182. The van der Waals surface area contributed by atoms with E-state index in [9.17, 15) is 22.8 Å². The van der Waals surface area contributed by atoms with Crippen LogP contribution in [0.4, 0.5) is 18.9 Å². The van der Waals surface area contributed by atoms with Crippen LogP contribution in [0.25, 0.3) is 10.8 Å². The Morgan fingerprint density at radius 2 is 1.77 bits per heavy atom. The van der Waals surface area contributed by atoms with Gasteiger partial charge in [0.1, 0.15) is 11.8 Å². The molecule has 0 bridgehead atoms. The van der Waals surface area contributed by atoms with Crippen molar-refractivity contribution in [3.05, 3.63) is 72.3 Å². The van der Waals surface area contributed by atoms with Crippen molar-refractivity contribution in [3.8, 4) is 5.75 Å². The zero-order valence-corrected chi connectivity index (χ0v) is 15.6. The molecule has 0 radical (unpaired) electrons. The van der Waals surface area contributed by atoms with Crippen molar-refractivity contribution in [2.45, 2.75) is 18.8 Å². The summed E-state index contributed by atoms with van der Waals surface area (Å²) in [6.45, 7) is 0.273. The molecule has 1 heterocycles. The van der Waals surface area contributed by atoms with Crippen molar-refractivity contribution < 1.29 is 27.5 Å². The van der Waals surface area contributed by atoms with Crippen LogP contribution in [0.5, 0.6) is 5.75 Å². The summed E-state index contributed by atoms with van der Waals surface area (Å²) in [5.74, 6) is -1.16. The number of halogens is 3. The van der Waals surface area contributed by atoms with Crippen molar-refractivity contribution >= 4 is 28.3 Å². The van der Waals surface area contributed by atoms with E-state index < -0.39 is 18.2 Å². The molecule has 1 aliphatic rings. The van der Waals surface area contributed by atoms with Gasteiger partial charge in [-0.3, -0.25) is 9.59 Å².